The second-order valence-electron chi connectivity index (χ2n) is 12.2. The lowest BCUT2D eigenvalue weighted by Gasteiger charge is -2.36. The first kappa shape index (κ1) is 35.2. The third-order valence-electron chi connectivity index (χ3n) is 9.22. The van der Waals surface area contributed by atoms with Gasteiger partial charge in [-0.05, 0) is 63.2 Å². The number of amides is 2. The normalized spacial score (nSPS) is 12.7. The van der Waals surface area contributed by atoms with Crippen LogP contribution in [0.1, 0.15) is 40.2 Å². The highest BCUT2D eigenvalue weighted by Crippen LogP contribution is 2.45. The van der Waals surface area contributed by atoms with Crippen LogP contribution in [0.25, 0.3) is 11.1 Å². The van der Waals surface area contributed by atoms with Crippen LogP contribution in [0.2, 0.25) is 0 Å². The van der Waals surface area contributed by atoms with Crippen molar-refractivity contribution in [2.45, 2.75) is 24.0 Å². The molecule has 0 aromatic heterocycles. The maximum absolute atomic E-state index is 12.8. The SMILES string of the molecule is COc1ccc(C(OCC[C@@H](O)C(=O)NCCNC(=O)OCC2c3ccccc3-c3ccccc32)(c2ccccc2)c2ccc(OC)cc2)cc1. The Labute approximate surface area is 298 Å². The number of carbonyl (C=O) groups excluding carboxylic acids is 2. The van der Waals surface area contributed by atoms with Gasteiger partial charge in [0.2, 0.25) is 5.91 Å². The highest BCUT2D eigenvalue weighted by atomic mass is 16.5. The molecule has 262 valence electrons. The highest BCUT2D eigenvalue weighted by Gasteiger charge is 2.38. The van der Waals surface area contributed by atoms with E-state index in [4.69, 9.17) is 18.9 Å². The number of alkyl carbamates (subject to hydrolysis) is 1. The molecule has 1 atom stereocenters. The van der Waals surface area contributed by atoms with Gasteiger partial charge in [0.1, 0.15) is 29.8 Å². The van der Waals surface area contributed by atoms with Crippen molar-refractivity contribution in [1.29, 1.82) is 0 Å². The van der Waals surface area contributed by atoms with Crippen LogP contribution in [0.15, 0.2) is 127 Å². The summed E-state index contributed by atoms with van der Waals surface area (Å²) in [5, 5.41) is 16.2. The van der Waals surface area contributed by atoms with Crippen LogP contribution >= 0.6 is 0 Å². The molecule has 5 aromatic carbocycles. The van der Waals surface area contributed by atoms with Crippen LogP contribution in [0.5, 0.6) is 11.5 Å². The fraction of sp³-hybridized carbons (Fsp3) is 0.238. The number of hydrogen-bond donors (Lipinski definition) is 3. The summed E-state index contributed by atoms with van der Waals surface area (Å²) >= 11 is 0. The summed E-state index contributed by atoms with van der Waals surface area (Å²) < 4.78 is 23.1. The van der Waals surface area contributed by atoms with Crippen LogP contribution in [0.3, 0.4) is 0 Å². The molecule has 0 unspecified atom stereocenters. The lowest BCUT2D eigenvalue weighted by Crippen LogP contribution is -2.41. The molecule has 51 heavy (non-hydrogen) atoms. The molecule has 1 aliphatic rings. The Morgan fingerprint density at radius 2 is 1.16 bits per heavy atom. The molecule has 0 spiro atoms. The fourth-order valence-corrected chi connectivity index (χ4v) is 6.65. The van der Waals surface area contributed by atoms with E-state index in [1.54, 1.807) is 14.2 Å². The largest absolute Gasteiger partial charge is 0.497 e. The van der Waals surface area contributed by atoms with Crippen LogP contribution in [-0.2, 0) is 19.9 Å². The third-order valence-corrected chi connectivity index (χ3v) is 9.22. The monoisotopic (exact) mass is 686 g/mol. The molecule has 0 saturated heterocycles. The summed E-state index contributed by atoms with van der Waals surface area (Å²) in [5.41, 5.74) is 6.07. The molecule has 0 heterocycles. The van der Waals surface area contributed by atoms with Crippen LogP contribution in [0, 0.1) is 0 Å². The first-order chi connectivity index (χ1) is 24.9. The number of rotatable bonds is 15. The number of aliphatic hydroxyl groups excluding tert-OH is 1. The molecule has 9 heteroatoms. The van der Waals surface area contributed by atoms with Gasteiger partial charge in [-0.1, -0.05) is 103 Å². The summed E-state index contributed by atoms with van der Waals surface area (Å²) in [6.07, 6.45) is -1.87. The molecule has 0 radical (unpaired) electrons. The Kier molecular flexibility index (Phi) is 11.3. The molecule has 9 nitrogen and oxygen atoms in total. The average Bonchev–Trinajstić information content (AvgIpc) is 3.51. The van der Waals surface area contributed by atoms with Gasteiger partial charge in [0, 0.05) is 25.4 Å². The van der Waals surface area contributed by atoms with Gasteiger partial charge in [0.05, 0.1) is 20.8 Å². The lowest BCUT2D eigenvalue weighted by atomic mass is 9.80. The zero-order chi connectivity index (χ0) is 35.6. The van der Waals surface area contributed by atoms with Gasteiger partial charge in [-0.3, -0.25) is 4.79 Å². The van der Waals surface area contributed by atoms with E-state index in [2.05, 4.69) is 34.9 Å². The van der Waals surface area contributed by atoms with Gasteiger partial charge in [-0.25, -0.2) is 4.79 Å². The summed E-state index contributed by atoms with van der Waals surface area (Å²) in [4.78, 5) is 25.4. The molecule has 5 aromatic rings. The van der Waals surface area contributed by atoms with Gasteiger partial charge >= 0.3 is 6.09 Å². The number of carbonyl (C=O) groups is 2. The molecule has 0 aliphatic heterocycles. The zero-order valence-corrected chi connectivity index (χ0v) is 28.7. The Bertz CT molecular complexity index is 1820. The molecular formula is C42H42N2O7. The zero-order valence-electron chi connectivity index (χ0n) is 28.7. The van der Waals surface area contributed by atoms with Crippen molar-refractivity contribution >= 4 is 12.0 Å². The van der Waals surface area contributed by atoms with Crippen LogP contribution in [0.4, 0.5) is 4.79 Å². The number of hydrogen-bond acceptors (Lipinski definition) is 7. The smallest absolute Gasteiger partial charge is 0.407 e. The Hall–Kier alpha value is -5.64. The van der Waals surface area contributed by atoms with Gasteiger partial charge in [0.25, 0.3) is 0 Å². The summed E-state index contributed by atoms with van der Waals surface area (Å²) in [7, 11) is 3.23. The van der Waals surface area contributed by atoms with Crippen molar-refractivity contribution < 1.29 is 33.6 Å². The highest BCUT2D eigenvalue weighted by molar-refractivity contribution is 5.80. The van der Waals surface area contributed by atoms with Gasteiger partial charge in [-0.15, -0.1) is 0 Å². The van der Waals surface area contributed by atoms with Gasteiger partial charge in [0.15, 0.2) is 0 Å². The molecule has 0 fully saturated rings. The average molecular weight is 687 g/mol. The van der Waals surface area contributed by atoms with Crippen molar-refractivity contribution in [2.24, 2.45) is 0 Å². The van der Waals surface area contributed by atoms with E-state index in [0.29, 0.717) is 11.5 Å². The Morgan fingerprint density at radius 1 is 0.667 bits per heavy atom. The summed E-state index contributed by atoms with van der Waals surface area (Å²) in [6, 6.07) is 41.4. The predicted molar refractivity (Wildman–Crippen MR) is 195 cm³/mol. The van der Waals surface area contributed by atoms with Crippen molar-refractivity contribution in [2.75, 3.05) is 40.5 Å². The number of ether oxygens (including phenoxy) is 4. The van der Waals surface area contributed by atoms with Gasteiger partial charge < -0.3 is 34.7 Å². The molecule has 6 rings (SSSR count). The van der Waals surface area contributed by atoms with Crippen molar-refractivity contribution in [3.8, 4) is 22.6 Å². The molecule has 0 saturated carbocycles. The van der Waals surface area contributed by atoms with E-state index in [1.807, 2.05) is 103 Å². The standard InChI is InChI=1S/C42H42N2O7/c1-48-32-20-16-30(17-21-32)42(29-10-4-3-5-11-29,31-18-22-33(49-2)23-19-31)51-27-24-39(45)40(46)43-25-26-44-41(47)50-28-38-36-14-8-6-12-34(36)35-13-7-9-15-37(35)38/h3-23,38-39,45H,24-28H2,1-2H3,(H,43,46)(H,44,47)/t39-/m1/s1. The first-order valence-corrected chi connectivity index (χ1v) is 17.0. The van der Waals surface area contributed by atoms with Crippen molar-refractivity contribution in [3.05, 3.63) is 155 Å². The van der Waals surface area contributed by atoms with Crippen molar-refractivity contribution in [1.82, 2.24) is 10.6 Å². The Balaban J connectivity index is 1.03. The third kappa shape index (κ3) is 7.75. The molecule has 1 aliphatic carbocycles. The van der Waals surface area contributed by atoms with Crippen LogP contribution in [-0.4, -0.2) is 63.7 Å². The van der Waals surface area contributed by atoms with E-state index < -0.39 is 23.7 Å². The van der Waals surface area contributed by atoms with E-state index in [9.17, 15) is 14.7 Å². The second kappa shape index (κ2) is 16.4. The maximum atomic E-state index is 12.8. The minimum Gasteiger partial charge on any atom is -0.497 e. The Morgan fingerprint density at radius 3 is 1.71 bits per heavy atom. The number of nitrogens with one attached hydrogen (secondary N) is 2. The molecule has 2 amide bonds. The van der Waals surface area contributed by atoms with E-state index >= 15 is 0 Å². The predicted octanol–water partition coefficient (Wildman–Crippen LogP) is 6.42. The second-order valence-corrected chi connectivity index (χ2v) is 12.2. The number of benzene rings is 5. The first-order valence-electron chi connectivity index (χ1n) is 17.0. The number of aliphatic hydroxyl groups is 1. The minimum absolute atomic E-state index is 0.0343. The van der Waals surface area contributed by atoms with Crippen LogP contribution < -0.4 is 20.1 Å². The summed E-state index contributed by atoms with van der Waals surface area (Å²) in [6.45, 7) is 0.506. The maximum Gasteiger partial charge on any atom is 0.407 e. The topological polar surface area (TPSA) is 115 Å². The quantitative estimate of drug-likeness (QED) is 0.0861. The molecular weight excluding hydrogens is 644 g/mol. The number of fused-ring (bicyclic) bond motifs is 3. The van der Waals surface area contributed by atoms with Crippen molar-refractivity contribution in [3.63, 3.8) is 0 Å². The number of methoxy groups -OCH3 is 2. The minimum atomic E-state index is -1.33. The van der Waals surface area contributed by atoms with E-state index in [1.165, 1.54) is 0 Å². The summed E-state index contributed by atoms with van der Waals surface area (Å²) in [5.74, 6) is 0.800. The lowest BCUT2D eigenvalue weighted by molar-refractivity contribution is -0.130. The molecule has 0 bridgehead atoms. The van der Waals surface area contributed by atoms with E-state index in [-0.39, 0.29) is 38.6 Å². The van der Waals surface area contributed by atoms with Gasteiger partial charge in [-0.2, -0.15) is 0 Å². The van der Waals surface area contributed by atoms with E-state index in [0.717, 1.165) is 38.9 Å². The fourth-order valence-electron chi connectivity index (χ4n) is 6.65. The molecule has 3 N–H and O–H groups in total.